The van der Waals surface area contributed by atoms with Crippen LogP contribution in [-0.2, 0) is 29.5 Å². The fourth-order valence-electron chi connectivity index (χ4n) is 3.56. The van der Waals surface area contributed by atoms with Crippen molar-refractivity contribution in [3.63, 3.8) is 0 Å². The number of benzene rings is 2. The molecule has 3 rings (SSSR count). The summed E-state index contributed by atoms with van der Waals surface area (Å²) in [6.45, 7) is 15.3. The van der Waals surface area contributed by atoms with Gasteiger partial charge in [-0.2, -0.15) is 0 Å². The van der Waals surface area contributed by atoms with Gasteiger partial charge in [-0.3, -0.25) is 0 Å². The summed E-state index contributed by atoms with van der Waals surface area (Å²) in [5.74, 6) is 1.80. The molecule has 0 unspecified atom stereocenters. The molecular formula is C23H30Cl2NO2SiZr. The number of hydrogen-bond donors (Lipinski definition) is 1. The van der Waals surface area contributed by atoms with Crippen LogP contribution in [0.1, 0.15) is 33.3 Å². The molecule has 0 amide bonds. The average Bonchev–Trinajstić information content (AvgIpc) is 2.85. The van der Waals surface area contributed by atoms with Crippen molar-refractivity contribution < 1.29 is 58.7 Å². The van der Waals surface area contributed by atoms with Gasteiger partial charge in [-0.25, -0.2) is 0 Å². The minimum absolute atomic E-state index is 0. The van der Waals surface area contributed by atoms with E-state index in [4.69, 9.17) is 9.16 Å². The minimum atomic E-state index is -1.81. The maximum absolute atomic E-state index is 6.58. The zero-order chi connectivity index (χ0) is 20.9. The summed E-state index contributed by atoms with van der Waals surface area (Å²) in [5, 5.41) is 8.72. The van der Waals surface area contributed by atoms with Crippen LogP contribution in [-0.4, -0.2) is 21.0 Å². The Morgan fingerprint density at radius 3 is 2.07 bits per heavy atom. The molecule has 2 aromatic carbocycles. The van der Waals surface area contributed by atoms with Gasteiger partial charge < -0.3 is 24.8 Å². The van der Waals surface area contributed by atoms with Gasteiger partial charge in [0.25, 0.3) is 0 Å². The summed E-state index contributed by atoms with van der Waals surface area (Å²) in [4.78, 5) is 0. The van der Waals surface area contributed by atoms with Crippen LogP contribution in [0.25, 0.3) is 9.04 Å². The van der Waals surface area contributed by atoms with Gasteiger partial charge in [0, 0.05) is 0 Å². The van der Waals surface area contributed by atoms with E-state index in [1.165, 1.54) is 49.2 Å². The van der Waals surface area contributed by atoms with Crippen molar-refractivity contribution in [1.29, 1.82) is 0 Å². The molecule has 161 valence electrons. The Balaban J connectivity index is 0.00000225. The number of anilines is 1. The first-order chi connectivity index (χ1) is 12.9. The number of ether oxygens (including phenoxy) is 1. The fourth-order valence-corrected chi connectivity index (χ4v) is 5.56. The molecule has 3 nitrogen and oxygen atoms in total. The maximum atomic E-state index is 6.58. The molecule has 0 aromatic heterocycles. The Morgan fingerprint density at radius 2 is 1.57 bits per heavy atom. The van der Waals surface area contributed by atoms with Crippen molar-refractivity contribution in [2.45, 2.75) is 52.9 Å². The number of fused-ring (bicyclic) bond motifs is 2. The maximum Gasteiger partial charge on any atom is -1.00 e. The molecule has 0 radical (unpaired) electrons. The number of rotatable bonds is 4. The van der Waals surface area contributed by atoms with Crippen molar-refractivity contribution >= 4 is 23.0 Å². The predicted molar refractivity (Wildman–Crippen MR) is 116 cm³/mol. The van der Waals surface area contributed by atoms with Crippen molar-refractivity contribution in [2.24, 2.45) is 0 Å². The van der Waals surface area contributed by atoms with Crippen LogP contribution >= 0.6 is 0 Å². The van der Waals surface area contributed by atoms with Gasteiger partial charge in [-0.15, -0.1) is 0 Å². The third kappa shape index (κ3) is 5.54. The Labute approximate surface area is 208 Å². The van der Waals surface area contributed by atoms with Gasteiger partial charge in [0.15, 0.2) is 0 Å². The Kier molecular flexibility index (Phi) is 8.93. The SMILES string of the molecule is COC(C)=c1c(O[Si](C)(C)C)cc2c(c1NC(C)(C)C)[C]([Zr+2])=c1ccccc1=2.[Cl-].[Cl-]. The summed E-state index contributed by atoms with van der Waals surface area (Å²) >= 11 is 1.41. The Morgan fingerprint density at radius 1 is 1.00 bits per heavy atom. The van der Waals surface area contributed by atoms with E-state index in [1.54, 1.807) is 7.11 Å². The summed E-state index contributed by atoms with van der Waals surface area (Å²) in [5.41, 5.74) is 2.34. The van der Waals surface area contributed by atoms with Crippen LogP contribution in [0.4, 0.5) is 5.69 Å². The topological polar surface area (TPSA) is 30.5 Å². The summed E-state index contributed by atoms with van der Waals surface area (Å²) in [7, 11) is -0.0739. The first-order valence-corrected chi connectivity index (χ1v) is 14.3. The number of halogens is 2. The second-order valence-corrected chi connectivity index (χ2v) is 15.0. The van der Waals surface area contributed by atoms with Gasteiger partial charge in [-0.05, 0) is 0 Å². The molecule has 30 heavy (non-hydrogen) atoms. The van der Waals surface area contributed by atoms with E-state index in [0.717, 1.165) is 22.4 Å². The third-order valence-electron chi connectivity index (χ3n) is 4.60. The molecule has 0 saturated carbocycles. The van der Waals surface area contributed by atoms with E-state index in [0.29, 0.717) is 0 Å². The molecular weight excluding hydrogens is 512 g/mol. The van der Waals surface area contributed by atoms with E-state index in [9.17, 15) is 0 Å². The molecule has 0 atom stereocenters. The zero-order valence-corrected chi connectivity index (χ0v) is 23.9. The molecule has 0 spiro atoms. The van der Waals surface area contributed by atoms with Crippen LogP contribution in [0.15, 0.2) is 30.3 Å². The van der Waals surface area contributed by atoms with Crippen molar-refractivity contribution in [3.05, 3.63) is 56.8 Å². The second-order valence-electron chi connectivity index (χ2n) is 9.32. The first kappa shape index (κ1) is 27.3. The molecule has 1 aliphatic rings. The number of nitrogens with one attached hydrogen (secondary N) is 1. The zero-order valence-electron chi connectivity index (χ0n) is 19.0. The monoisotopic (exact) mass is 540 g/mol. The molecule has 0 heterocycles. The van der Waals surface area contributed by atoms with Crippen LogP contribution in [0, 0.1) is 10.4 Å². The summed E-state index contributed by atoms with van der Waals surface area (Å²) < 4.78 is 13.7. The third-order valence-corrected chi connectivity index (χ3v) is 6.71. The second kappa shape index (κ2) is 9.81. The standard InChI is InChI=1S/C23H30NO2Si.2ClH.Zr/c1-15(25-5)21-20(26-27(6,7)8)14-18-17-12-10-9-11-16(17)13-19(18)22(21)24-23(2,3)4;;;/h9-12,14,24H,1-8H3;2*1H;/q;;;+2/p-2. The van der Waals surface area contributed by atoms with E-state index < -0.39 is 8.32 Å². The van der Waals surface area contributed by atoms with E-state index in [2.05, 4.69) is 76.1 Å². The van der Waals surface area contributed by atoms with Gasteiger partial charge in [0.1, 0.15) is 0 Å². The quantitative estimate of drug-likeness (QED) is 0.463. The molecule has 1 aliphatic carbocycles. The molecule has 0 bridgehead atoms. The van der Waals surface area contributed by atoms with E-state index >= 15 is 0 Å². The molecule has 1 N–H and O–H groups in total. The van der Waals surface area contributed by atoms with Gasteiger partial charge in [0.05, 0.1) is 0 Å². The molecule has 0 fully saturated rings. The average molecular weight is 543 g/mol. The number of hydrogen-bond acceptors (Lipinski definition) is 3. The van der Waals surface area contributed by atoms with Crippen LogP contribution in [0.2, 0.25) is 19.6 Å². The molecule has 0 aliphatic heterocycles. The Hall–Kier alpha value is -0.740. The minimum Gasteiger partial charge on any atom is -1.00 e. The first-order valence-electron chi connectivity index (χ1n) is 9.68. The van der Waals surface area contributed by atoms with Gasteiger partial charge in [-0.1, -0.05) is 0 Å². The van der Waals surface area contributed by atoms with Crippen molar-refractivity contribution in [3.8, 4) is 5.75 Å². The summed E-state index contributed by atoms with van der Waals surface area (Å²) in [6, 6.07) is 10.9. The van der Waals surface area contributed by atoms with Gasteiger partial charge >= 0.3 is 185 Å². The van der Waals surface area contributed by atoms with Crippen LogP contribution in [0.3, 0.4) is 0 Å². The van der Waals surface area contributed by atoms with Crippen LogP contribution < -0.4 is 45.0 Å². The predicted octanol–water partition coefficient (Wildman–Crippen LogP) is -1.80. The Bertz CT molecular complexity index is 1150. The summed E-state index contributed by atoms with van der Waals surface area (Å²) in [6.07, 6.45) is 0. The normalized spacial score (nSPS) is 13.5. The van der Waals surface area contributed by atoms with Crippen molar-refractivity contribution in [2.75, 3.05) is 12.4 Å². The van der Waals surface area contributed by atoms with E-state index in [-0.39, 0.29) is 30.4 Å². The largest absolute Gasteiger partial charge is 1.00 e. The van der Waals surface area contributed by atoms with Crippen molar-refractivity contribution in [1.82, 2.24) is 0 Å². The molecule has 0 saturated heterocycles. The van der Waals surface area contributed by atoms with E-state index in [1.807, 2.05) is 6.92 Å². The number of methoxy groups -OCH3 is 1. The fraction of sp³-hybridized carbons (Fsp3) is 0.391. The molecule has 7 heteroatoms. The smallest absolute Gasteiger partial charge is 1.00 e. The van der Waals surface area contributed by atoms with Crippen LogP contribution in [0.5, 0.6) is 5.75 Å². The molecule has 2 aromatic rings. The van der Waals surface area contributed by atoms with Gasteiger partial charge in [0.2, 0.25) is 0 Å².